The minimum Gasteiger partial charge on any atom is -0.459 e. The number of epoxide rings is 1. The lowest BCUT2D eigenvalue weighted by Crippen LogP contribution is -2.59. The van der Waals surface area contributed by atoms with Crippen molar-refractivity contribution in [3.63, 3.8) is 0 Å². The van der Waals surface area contributed by atoms with Crippen LogP contribution in [0.4, 0.5) is 0 Å². The Labute approximate surface area is 175 Å². The molecule has 0 unspecified atom stereocenters. The van der Waals surface area contributed by atoms with Gasteiger partial charge in [-0.25, -0.2) is 0 Å². The van der Waals surface area contributed by atoms with E-state index in [0.717, 1.165) is 24.8 Å². The van der Waals surface area contributed by atoms with Crippen LogP contribution in [0.5, 0.6) is 0 Å². The van der Waals surface area contributed by atoms with E-state index in [1.807, 2.05) is 13.8 Å². The third kappa shape index (κ3) is 4.04. The van der Waals surface area contributed by atoms with E-state index in [9.17, 15) is 25.2 Å². The number of ether oxygens (including phenoxy) is 4. The highest BCUT2D eigenvalue weighted by Gasteiger charge is 2.62. The summed E-state index contributed by atoms with van der Waals surface area (Å²) in [6.45, 7) is 3.62. The van der Waals surface area contributed by atoms with Gasteiger partial charge < -0.3 is 39.4 Å². The van der Waals surface area contributed by atoms with Crippen LogP contribution in [0.3, 0.4) is 0 Å². The summed E-state index contributed by atoms with van der Waals surface area (Å²) in [6, 6.07) is 0. The number of carbonyl (C=O) groups excluding carboxylic acids is 1. The van der Waals surface area contributed by atoms with Crippen LogP contribution >= 0.6 is 0 Å². The fourth-order valence-electron chi connectivity index (χ4n) is 4.90. The van der Waals surface area contributed by atoms with Crippen LogP contribution in [0.2, 0.25) is 0 Å². The smallest absolute Gasteiger partial charge is 0.309 e. The van der Waals surface area contributed by atoms with Gasteiger partial charge in [0.15, 0.2) is 6.29 Å². The Balaban J connectivity index is 1.41. The second kappa shape index (κ2) is 8.46. The third-order valence-corrected chi connectivity index (χ3v) is 7.08. The predicted molar refractivity (Wildman–Crippen MR) is 102 cm³/mol. The molecule has 0 saturated carbocycles. The van der Waals surface area contributed by atoms with Gasteiger partial charge in [-0.15, -0.1) is 0 Å². The molecule has 10 atom stereocenters. The first-order chi connectivity index (χ1) is 14.2. The normalized spacial score (nSPS) is 50.7. The summed E-state index contributed by atoms with van der Waals surface area (Å²) in [5, 5.41) is 39.3. The van der Waals surface area contributed by atoms with Crippen LogP contribution in [0.25, 0.3) is 0 Å². The molecule has 3 heterocycles. The van der Waals surface area contributed by atoms with E-state index in [4.69, 9.17) is 18.9 Å². The molecule has 4 rings (SSSR count). The summed E-state index contributed by atoms with van der Waals surface area (Å²) in [5.41, 5.74) is 0.713. The van der Waals surface area contributed by atoms with Crippen LogP contribution in [0, 0.1) is 11.8 Å². The maximum absolute atomic E-state index is 12.1. The van der Waals surface area contributed by atoms with Gasteiger partial charge >= 0.3 is 5.97 Å². The average molecular weight is 428 g/mol. The molecule has 9 heteroatoms. The molecule has 170 valence electrons. The molecular formula is C21H32O9. The number of aliphatic hydroxyl groups is 4. The number of aliphatic hydroxyl groups excluding tert-OH is 4. The van der Waals surface area contributed by atoms with E-state index in [1.165, 1.54) is 0 Å². The predicted octanol–water partition coefficient (Wildman–Crippen LogP) is -0.361. The molecule has 3 saturated heterocycles. The Bertz CT molecular complexity index is 679. The Kier molecular flexibility index (Phi) is 6.24. The Morgan fingerprint density at radius 1 is 1.23 bits per heavy atom. The molecule has 1 aliphatic carbocycles. The minimum absolute atomic E-state index is 0.0447. The van der Waals surface area contributed by atoms with Gasteiger partial charge in [0.2, 0.25) is 0 Å². The van der Waals surface area contributed by atoms with Crippen molar-refractivity contribution < 1.29 is 44.2 Å². The Morgan fingerprint density at radius 2 is 2.00 bits per heavy atom. The quantitative estimate of drug-likeness (QED) is 0.269. The fraction of sp³-hybridized carbons (Fsp3) is 0.857. The molecule has 3 aliphatic heterocycles. The zero-order valence-corrected chi connectivity index (χ0v) is 17.3. The molecule has 4 N–H and O–H groups in total. The number of esters is 1. The third-order valence-electron chi connectivity index (χ3n) is 7.08. The van der Waals surface area contributed by atoms with Crippen LogP contribution in [0.1, 0.15) is 39.5 Å². The van der Waals surface area contributed by atoms with E-state index in [2.05, 4.69) is 6.08 Å². The Morgan fingerprint density at radius 3 is 2.73 bits per heavy atom. The number of hydrogen-bond donors (Lipinski definition) is 4. The lowest BCUT2D eigenvalue weighted by Gasteiger charge is -2.39. The maximum Gasteiger partial charge on any atom is 0.309 e. The molecule has 0 aromatic rings. The van der Waals surface area contributed by atoms with Crippen molar-refractivity contribution in [1.82, 2.24) is 0 Å². The van der Waals surface area contributed by atoms with E-state index in [0.29, 0.717) is 6.42 Å². The molecule has 3 fully saturated rings. The van der Waals surface area contributed by atoms with Crippen LogP contribution in [-0.4, -0.2) is 88.1 Å². The first-order valence-corrected chi connectivity index (χ1v) is 10.7. The summed E-state index contributed by atoms with van der Waals surface area (Å²) < 4.78 is 22.7. The number of carbonyl (C=O) groups is 1. The average Bonchev–Trinajstić information content (AvgIpc) is 3.31. The first kappa shape index (κ1) is 22.1. The maximum atomic E-state index is 12.1. The highest BCUT2D eigenvalue weighted by Crippen LogP contribution is 2.50. The molecule has 0 radical (unpaired) electrons. The molecule has 0 bridgehead atoms. The van der Waals surface area contributed by atoms with Crippen molar-refractivity contribution in [2.75, 3.05) is 13.2 Å². The zero-order chi connectivity index (χ0) is 21.6. The van der Waals surface area contributed by atoms with E-state index in [-0.39, 0.29) is 42.2 Å². The largest absolute Gasteiger partial charge is 0.459 e. The molecule has 30 heavy (non-hydrogen) atoms. The molecule has 4 aliphatic rings. The number of allylic oxidation sites excluding steroid dienone is 1. The van der Waals surface area contributed by atoms with Crippen molar-refractivity contribution in [3.8, 4) is 0 Å². The van der Waals surface area contributed by atoms with Gasteiger partial charge in [-0.05, 0) is 38.2 Å². The minimum atomic E-state index is -1.47. The van der Waals surface area contributed by atoms with Crippen LogP contribution in [-0.2, 0) is 23.7 Å². The standard InChI is InChI=1S/C21H32O9/c1-10-12-6-5-11(4-3-7-21(2)18(30-21)17(12)29-19(10)26)9-27-20-16(25)15(24)14(23)13(8-22)28-20/h4,10,12-18,20,22-25H,3,5-9H2,1-2H3/b11-4+/t10-,12-,13+,14+,15-,16+,17-,18-,20+,21+/m0/s1. The summed E-state index contributed by atoms with van der Waals surface area (Å²) >= 11 is 0. The first-order valence-electron chi connectivity index (χ1n) is 10.7. The van der Waals surface area contributed by atoms with Crippen molar-refractivity contribution >= 4 is 5.97 Å². The van der Waals surface area contributed by atoms with Gasteiger partial charge in [-0.2, -0.15) is 0 Å². The van der Waals surface area contributed by atoms with Gasteiger partial charge in [0.05, 0.1) is 24.7 Å². The van der Waals surface area contributed by atoms with Crippen LogP contribution in [0.15, 0.2) is 11.6 Å². The monoisotopic (exact) mass is 428 g/mol. The SMILES string of the molecule is C[C@@H]1C(=O)O[C@H]2[C@H]1CC/C(CO[C@@H]1O[C@H](CO)[C@@H](O)[C@H](O)[C@H]1O)=C\CC[C@@]1(C)O[C@@H]21. The van der Waals surface area contributed by atoms with Gasteiger partial charge in [0.25, 0.3) is 0 Å². The molecule has 0 amide bonds. The molecular weight excluding hydrogens is 396 g/mol. The van der Waals surface area contributed by atoms with Gasteiger partial charge in [-0.1, -0.05) is 13.0 Å². The summed E-state index contributed by atoms with van der Waals surface area (Å²) in [5.74, 6) is -0.293. The lowest BCUT2D eigenvalue weighted by molar-refractivity contribution is -0.299. The summed E-state index contributed by atoms with van der Waals surface area (Å²) in [6.07, 6.45) is -1.61. The zero-order valence-electron chi connectivity index (χ0n) is 17.3. The number of rotatable bonds is 4. The highest BCUT2D eigenvalue weighted by molar-refractivity contribution is 5.75. The highest BCUT2D eigenvalue weighted by atomic mass is 16.7. The molecule has 9 nitrogen and oxygen atoms in total. The summed E-state index contributed by atoms with van der Waals surface area (Å²) in [7, 11) is 0. The molecule has 0 aromatic heterocycles. The number of hydrogen-bond acceptors (Lipinski definition) is 9. The molecule has 0 aromatic carbocycles. The van der Waals surface area contributed by atoms with E-state index >= 15 is 0 Å². The lowest BCUT2D eigenvalue weighted by atomic mass is 9.81. The van der Waals surface area contributed by atoms with Gasteiger partial charge in [-0.3, -0.25) is 4.79 Å². The van der Waals surface area contributed by atoms with Gasteiger partial charge in [0, 0.05) is 5.92 Å². The topological polar surface area (TPSA) is 138 Å². The van der Waals surface area contributed by atoms with Crippen molar-refractivity contribution in [2.24, 2.45) is 11.8 Å². The van der Waals surface area contributed by atoms with E-state index < -0.39 is 37.3 Å². The van der Waals surface area contributed by atoms with E-state index in [1.54, 1.807) is 0 Å². The second-order valence-electron chi connectivity index (χ2n) is 9.15. The van der Waals surface area contributed by atoms with Crippen molar-refractivity contribution in [1.29, 1.82) is 0 Å². The van der Waals surface area contributed by atoms with Crippen molar-refractivity contribution in [2.45, 2.75) is 88.0 Å². The van der Waals surface area contributed by atoms with Crippen molar-refractivity contribution in [3.05, 3.63) is 11.6 Å². The van der Waals surface area contributed by atoms with Crippen LogP contribution < -0.4 is 0 Å². The second-order valence-corrected chi connectivity index (χ2v) is 9.15. The Hall–Kier alpha value is -1.07. The summed E-state index contributed by atoms with van der Waals surface area (Å²) in [4.78, 5) is 12.1. The number of fused-ring (bicyclic) bond motifs is 3. The fourth-order valence-corrected chi connectivity index (χ4v) is 4.90. The molecule has 0 spiro atoms. The van der Waals surface area contributed by atoms with Gasteiger partial charge in [0.1, 0.15) is 36.6 Å².